The predicted octanol–water partition coefficient (Wildman–Crippen LogP) is 4.92. The number of hydrazone groups is 1. The van der Waals surface area contributed by atoms with Crippen LogP contribution >= 0.6 is 23.2 Å². The van der Waals surface area contributed by atoms with E-state index in [9.17, 15) is 4.79 Å². The van der Waals surface area contributed by atoms with E-state index in [4.69, 9.17) is 27.9 Å². The number of halogens is 2. The van der Waals surface area contributed by atoms with E-state index in [1.165, 1.54) is 13.3 Å². The third-order valence-corrected chi connectivity index (χ3v) is 4.18. The van der Waals surface area contributed by atoms with Gasteiger partial charge < -0.3 is 4.74 Å². The molecule has 0 spiro atoms. The van der Waals surface area contributed by atoms with Crippen molar-refractivity contribution in [2.24, 2.45) is 5.10 Å². The molecule has 1 N–H and O–H groups in total. The summed E-state index contributed by atoms with van der Waals surface area (Å²) in [5.74, 6) is 0.159. The Labute approximate surface area is 155 Å². The highest BCUT2D eigenvalue weighted by Crippen LogP contribution is 2.29. The molecule has 0 radical (unpaired) electrons. The molecule has 3 rings (SSSR count). The fourth-order valence-electron chi connectivity index (χ4n) is 2.41. The third-order valence-electron chi connectivity index (χ3n) is 3.65. The van der Waals surface area contributed by atoms with Gasteiger partial charge in [0.05, 0.1) is 23.9 Å². The minimum atomic E-state index is -0.314. The minimum absolute atomic E-state index is 0.314. The average Bonchev–Trinajstić information content (AvgIpc) is 2.62. The number of nitrogens with zero attached hydrogens (tertiary/aromatic N) is 1. The molecule has 0 aliphatic heterocycles. The van der Waals surface area contributed by atoms with E-state index in [1.54, 1.807) is 18.2 Å². The second-order valence-electron chi connectivity index (χ2n) is 5.26. The third kappa shape index (κ3) is 3.92. The number of methoxy groups -OCH3 is 1. The fourth-order valence-corrected chi connectivity index (χ4v) is 2.93. The summed E-state index contributed by atoms with van der Waals surface area (Å²) < 4.78 is 5.22. The first-order chi connectivity index (χ1) is 12.1. The zero-order chi connectivity index (χ0) is 17.8. The zero-order valence-electron chi connectivity index (χ0n) is 13.3. The summed E-state index contributed by atoms with van der Waals surface area (Å²) in [5.41, 5.74) is 3.54. The molecule has 0 atom stereocenters. The molecule has 0 aromatic heterocycles. The van der Waals surface area contributed by atoms with Gasteiger partial charge >= 0.3 is 0 Å². The summed E-state index contributed by atoms with van der Waals surface area (Å²) in [5, 5.41) is 6.86. The molecule has 0 fully saturated rings. The van der Waals surface area contributed by atoms with Crippen LogP contribution in [0.4, 0.5) is 0 Å². The molecule has 126 valence electrons. The van der Waals surface area contributed by atoms with Crippen molar-refractivity contribution in [3.63, 3.8) is 0 Å². The van der Waals surface area contributed by atoms with Crippen molar-refractivity contribution in [3.05, 3.63) is 75.8 Å². The van der Waals surface area contributed by atoms with Crippen LogP contribution in [0.25, 0.3) is 10.8 Å². The lowest BCUT2D eigenvalue weighted by molar-refractivity contribution is 0.0955. The first-order valence-corrected chi connectivity index (χ1v) is 8.19. The van der Waals surface area contributed by atoms with Gasteiger partial charge in [0.1, 0.15) is 5.75 Å². The lowest BCUT2D eigenvalue weighted by Gasteiger charge is -2.07. The Bertz CT molecular complexity index is 971. The van der Waals surface area contributed by atoms with Crippen molar-refractivity contribution in [2.45, 2.75) is 0 Å². The van der Waals surface area contributed by atoms with Crippen molar-refractivity contribution in [3.8, 4) is 5.75 Å². The molecule has 1 amide bonds. The van der Waals surface area contributed by atoms with Gasteiger partial charge in [-0.05, 0) is 35.0 Å². The van der Waals surface area contributed by atoms with Crippen LogP contribution in [0.5, 0.6) is 5.75 Å². The van der Waals surface area contributed by atoms with Crippen molar-refractivity contribution >= 4 is 46.1 Å². The number of amides is 1. The van der Waals surface area contributed by atoms with Gasteiger partial charge in [-0.3, -0.25) is 4.79 Å². The van der Waals surface area contributed by atoms with Gasteiger partial charge in [-0.25, -0.2) is 5.43 Å². The van der Waals surface area contributed by atoms with Crippen LogP contribution in [0.1, 0.15) is 15.9 Å². The molecule has 0 bridgehead atoms. The molecule has 0 aliphatic rings. The number of rotatable bonds is 4. The quantitative estimate of drug-likeness (QED) is 0.521. The summed E-state index contributed by atoms with van der Waals surface area (Å²) in [6.45, 7) is 0. The van der Waals surface area contributed by atoms with Crippen LogP contribution in [-0.2, 0) is 0 Å². The lowest BCUT2D eigenvalue weighted by atomic mass is 10.1. The maximum Gasteiger partial charge on any atom is 0.271 e. The van der Waals surface area contributed by atoms with Crippen molar-refractivity contribution in [2.75, 3.05) is 7.11 Å². The topological polar surface area (TPSA) is 50.7 Å². The van der Waals surface area contributed by atoms with E-state index in [-0.39, 0.29) is 5.91 Å². The first-order valence-electron chi connectivity index (χ1n) is 7.44. The summed E-state index contributed by atoms with van der Waals surface area (Å²) in [6, 6.07) is 16.5. The summed E-state index contributed by atoms with van der Waals surface area (Å²) in [7, 11) is 1.51. The molecule has 6 heteroatoms. The fraction of sp³-hybridized carbons (Fsp3) is 0.0526. The normalized spacial score (nSPS) is 11.0. The number of ether oxygens (including phenoxy) is 1. The van der Waals surface area contributed by atoms with Gasteiger partial charge in [-0.15, -0.1) is 0 Å². The Morgan fingerprint density at radius 1 is 1.08 bits per heavy atom. The Morgan fingerprint density at radius 2 is 1.84 bits per heavy atom. The molecule has 3 aromatic carbocycles. The predicted molar refractivity (Wildman–Crippen MR) is 102 cm³/mol. The number of fused-ring (bicyclic) bond motifs is 1. The van der Waals surface area contributed by atoms with Crippen molar-refractivity contribution < 1.29 is 9.53 Å². The van der Waals surface area contributed by atoms with Crippen LogP contribution in [0.2, 0.25) is 10.0 Å². The number of nitrogens with one attached hydrogen (secondary N) is 1. The number of hydrogen-bond donors (Lipinski definition) is 1. The van der Waals surface area contributed by atoms with E-state index < -0.39 is 0 Å². The number of carbonyl (C=O) groups excluding carboxylic acids is 1. The van der Waals surface area contributed by atoms with Gasteiger partial charge in [0.15, 0.2) is 0 Å². The molecular weight excluding hydrogens is 359 g/mol. The molecule has 3 aromatic rings. The van der Waals surface area contributed by atoms with E-state index in [1.807, 2.05) is 36.4 Å². The molecule has 4 nitrogen and oxygen atoms in total. The Kier molecular flexibility index (Phi) is 5.22. The second-order valence-corrected chi connectivity index (χ2v) is 6.11. The Morgan fingerprint density at radius 3 is 2.60 bits per heavy atom. The largest absolute Gasteiger partial charge is 0.496 e. The highest BCUT2D eigenvalue weighted by Gasteiger charge is 2.09. The molecule has 0 saturated heterocycles. The maximum atomic E-state index is 12.3. The van der Waals surface area contributed by atoms with Crippen LogP contribution in [0.3, 0.4) is 0 Å². The smallest absolute Gasteiger partial charge is 0.271 e. The maximum absolute atomic E-state index is 12.3. The highest BCUT2D eigenvalue weighted by atomic mass is 35.5. The SMILES string of the molecule is COc1cc(Cl)cc(Cl)c1/C=N\NC(=O)c1ccc2ccccc2c1. The van der Waals surface area contributed by atoms with Crippen LogP contribution in [0, 0.1) is 0 Å². The molecule has 0 saturated carbocycles. The van der Waals surface area contributed by atoms with Gasteiger partial charge in [-0.1, -0.05) is 53.5 Å². The molecule has 0 heterocycles. The standard InChI is InChI=1S/C19H14Cl2N2O2/c1-25-18-10-15(20)9-17(21)16(18)11-22-23-19(24)14-7-6-12-4-2-3-5-13(12)8-14/h2-11H,1H3,(H,23,24)/b22-11-. The van der Waals surface area contributed by atoms with E-state index in [0.29, 0.717) is 26.9 Å². The zero-order valence-corrected chi connectivity index (χ0v) is 14.8. The lowest BCUT2D eigenvalue weighted by Crippen LogP contribution is -2.17. The van der Waals surface area contributed by atoms with Gasteiger partial charge in [0.2, 0.25) is 0 Å². The minimum Gasteiger partial charge on any atom is -0.496 e. The Hall–Kier alpha value is -2.56. The molecule has 0 unspecified atom stereocenters. The van der Waals surface area contributed by atoms with Gasteiger partial charge in [0, 0.05) is 10.6 Å². The first kappa shape index (κ1) is 17.3. The summed E-state index contributed by atoms with van der Waals surface area (Å²) in [6.07, 6.45) is 1.43. The number of carbonyl (C=O) groups is 1. The van der Waals surface area contributed by atoms with E-state index in [2.05, 4.69) is 10.5 Å². The molecular formula is C19H14Cl2N2O2. The van der Waals surface area contributed by atoms with E-state index in [0.717, 1.165) is 10.8 Å². The van der Waals surface area contributed by atoms with Crippen LogP contribution in [0.15, 0.2) is 59.7 Å². The van der Waals surface area contributed by atoms with Crippen molar-refractivity contribution in [1.82, 2.24) is 5.43 Å². The van der Waals surface area contributed by atoms with Gasteiger partial charge in [0.25, 0.3) is 5.91 Å². The molecule has 0 aliphatic carbocycles. The van der Waals surface area contributed by atoms with Crippen LogP contribution in [-0.4, -0.2) is 19.2 Å². The molecule has 25 heavy (non-hydrogen) atoms. The second kappa shape index (κ2) is 7.55. The monoisotopic (exact) mass is 372 g/mol. The highest BCUT2D eigenvalue weighted by molar-refractivity contribution is 6.36. The Balaban J connectivity index is 1.78. The average molecular weight is 373 g/mol. The van der Waals surface area contributed by atoms with Gasteiger partial charge in [-0.2, -0.15) is 5.10 Å². The number of hydrogen-bond acceptors (Lipinski definition) is 3. The summed E-state index contributed by atoms with van der Waals surface area (Å²) in [4.78, 5) is 12.3. The van der Waals surface area contributed by atoms with E-state index >= 15 is 0 Å². The number of benzene rings is 3. The summed E-state index contributed by atoms with van der Waals surface area (Å²) >= 11 is 12.1. The van der Waals surface area contributed by atoms with Crippen molar-refractivity contribution in [1.29, 1.82) is 0 Å². The van der Waals surface area contributed by atoms with Crippen LogP contribution < -0.4 is 10.2 Å².